The molecule has 0 unspecified atom stereocenters. The molecule has 3 heterocycles. The quantitative estimate of drug-likeness (QED) is 0.611. The highest BCUT2D eigenvalue weighted by Gasteiger charge is 2.14. The van der Waals surface area contributed by atoms with Gasteiger partial charge in [0.15, 0.2) is 17.1 Å². The summed E-state index contributed by atoms with van der Waals surface area (Å²) < 4.78 is 12.6. The largest absolute Gasteiger partial charge is 0.454 e. The number of ether oxygens (including phenoxy) is 2. The van der Waals surface area contributed by atoms with Gasteiger partial charge in [0.25, 0.3) is 0 Å². The lowest BCUT2D eigenvalue weighted by Crippen LogP contribution is -2.05. The summed E-state index contributed by atoms with van der Waals surface area (Å²) in [6, 6.07) is 18.0. The number of rotatable bonds is 4. The molecule has 0 saturated heterocycles. The molecule has 2 aromatic carbocycles. The lowest BCUT2D eigenvalue weighted by Gasteiger charge is -2.09. The van der Waals surface area contributed by atoms with Crippen molar-refractivity contribution in [2.75, 3.05) is 12.1 Å². The van der Waals surface area contributed by atoms with Gasteiger partial charge in [0, 0.05) is 18.3 Å². The van der Waals surface area contributed by atoms with Gasteiger partial charge in [0.2, 0.25) is 6.79 Å². The molecule has 6 heteroatoms. The second-order valence-electron chi connectivity index (χ2n) is 6.03. The summed E-state index contributed by atoms with van der Waals surface area (Å²) in [6.07, 6.45) is 3.65. The molecule has 2 aromatic heterocycles. The van der Waals surface area contributed by atoms with Gasteiger partial charge >= 0.3 is 0 Å². The van der Waals surface area contributed by atoms with E-state index >= 15 is 0 Å². The number of aromatic nitrogens is 3. The Hall–Kier alpha value is -3.54. The van der Waals surface area contributed by atoms with Gasteiger partial charge in [-0.2, -0.15) is 9.61 Å². The summed E-state index contributed by atoms with van der Waals surface area (Å²) >= 11 is 0. The van der Waals surface area contributed by atoms with Gasteiger partial charge < -0.3 is 14.8 Å². The third-order valence-electron chi connectivity index (χ3n) is 4.40. The van der Waals surface area contributed by atoms with Crippen molar-refractivity contribution in [1.29, 1.82) is 0 Å². The molecule has 0 saturated carbocycles. The number of fused-ring (bicyclic) bond motifs is 2. The van der Waals surface area contributed by atoms with Crippen LogP contribution in [0, 0.1) is 0 Å². The van der Waals surface area contributed by atoms with E-state index in [0.29, 0.717) is 6.54 Å². The molecule has 0 amide bonds. The molecule has 1 N–H and O–H groups in total. The van der Waals surface area contributed by atoms with E-state index < -0.39 is 0 Å². The average Bonchev–Trinajstić information content (AvgIpc) is 3.33. The molecule has 0 fully saturated rings. The van der Waals surface area contributed by atoms with Crippen LogP contribution in [0.5, 0.6) is 11.5 Å². The van der Waals surface area contributed by atoms with E-state index in [4.69, 9.17) is 9.47 Å². The first-order chi connectivity index (χ1) is 12.9. The summed E-state index contributed by atoms with van der Waals surface area (Å²) in [4.78, 5) is 4.50. The monoisotopic (exact) mass is 344 g/mol. The molecule has 0 spiro atoms. The topological polar surface area (TPSA) is 60.7 Å². The fourth-order valence-corrected chi connectivity index (χ4v) is 3.09. The number of benzene rings is 2. The number of hydrogen-bond donors (Lipinski definition) is 1. The molecule has 0 radical (unpaired) electrons. The fraction of sp³-hybridized carbons (Fsp3) is 0.100. The van der Waals surface area contributed by atoms with Crippen molar-refractivity contribution >= 4 is 11.5 Å². The predicted octanol–water partition coefficient (Wildman–Crippen LogP) is 3.74. The van der Waals surface area contributed by atoms with Crippen LogP contribution in [0.1, 0.15) is 5.56 Å². The van der Waals surface area contributed by atoms with Crippen LogP contribution in [0.15, 0.2) is 67.0 Å². The smallest absolute Gasteiger partial charge is 0.231 e. The maximum absolute atomic E-state index is 5.44. The van der Waals surface area contributed by atoms with E-state index in [2.05, 4.69) is 27.5 Å². The third-order valence-corrected chi connectivity index (χ3v) is 4.40. The number of anilines is 1. The molecular formula is C20H16N4O2. The molecule has 1 aliphatic heterocycles. The Kier molecular flexibility index (Phi) is 3.45. The maximum atomic E-state index is 5.44. The zero-order chi connectivity index (χ0) is 17.3. The van der Waals surface area contributed by atoms with Crippen molar-refractivity contribution in [1.82, 2.24) is 14.6 Å². The van der Waals surface area contributed by atoms with Gasteiger partial charge in [0.1, 0.15) is 5.82 Å². The number of nitrogens with one attached hydrogen (secondary N) is 1. The number of nitrogens with zero attached hydrogens (tertiary/aromatic N) is 3. The minimum atomic E-state index is 0.284. The Bertz CT molecular complexity index is 1080. The van der Waals surface area contributed by atoms with Crippen LogP contribution >= 0.6 is 0 Å². The standard InChI is InChI=1S/C20H16N4O2/c1-2-4-15(5-3-1)16-12-23-24-19(8-9-21-20(16)24)22-11-14-6-7-17-18(10-14)26-13-25-17/h1-10,12,22H,11,13H2. The summed E-state index contributed by atoms with van der Waals surface area (Å²) in [5.74, 6) is 2.46. The molecule has 26 heavy (non-hydrogen) atoms. The Labute approximate surface area is 150 Å². The molecule has 128 valence electrons. The Morgan fingerprint density at radius 1 is 1.00 bits per heavy atom. The lowest BCUT2D eigenvalue weighted by molar-refractivity contribution is 0.174. The van der Waals surface area contributed by atoms with E-state index in [-0.39, 0.29) is 6.79 Å². The molecule has 5 rings (SSSR count). The average molecular weight is 344 g/mol. The first-order valence-electron chi connectivity index (χ1n) is 8.39. The van der Waals surface area contributed by atoms with E-state index in [0.717, 1.165) is 39.7 Å². The van der Waals surface area contributed by atoms with Crippen LogP contribution in [-0.2, 0) is 6.54 Å². The minimum absolute atomic E-state index is 0.284. The highest BCUT2D eigenvalue weighted by atomic mass is 16.7. The Morgan fingerprint density at radius 3 is 2.81 bits per heavy atom. The van der Waals surface area contributed by atoms with Crippen LogP contribution in [0.2, 0.25) is 0 Å². The highest BCUT2D eigenvalue weighted by molar-refractivity contribution is 5.77. The first kappa shape index (κ1) is 14.8. The summed E-state index contributed by atoms with van der Waals surface area (Å²) in [5.41, 5.74) is 4.04. The van der Waals surface area contributed by atoms with Gasteiger partial charge in [0.05, 0.1) is 6.20 Å². The van der Waals surface area contributed by atoms with E-state index in [9.17, 15) is 0 Å². The van der Waals surface area contributed by atoms with Gasteiger partial charge in [-0.1, -0.05) is 36.4 Å². The third kappa shape index (κ3) is 2.52. The Morgan fingerprint density at radius 2 is 1.88 bits per heavy atom. The normalized spacial score (nSPS) is 12.5. The second-order valence-corrected chi connectivity index (χ2v) is 6.03. The molecule has 0 aliphatic carbocycles. The zero-order valence-corrected chi connectivity index (χ0v) is 13.9. The SMILES string of the molecule is c1ccc(-c2cnn3c(NCc4ccc5c(c4)OCO5)ccnc23)cc1. The first-order valence-corrected chi connectivity index (χ1v) is 8.39. The summed E-state index contributed by atoms with van der Waals surface area (Å²) in [5, 5.41) is 7.94. The van der Waals surface area contributed by atoms with Crippen molar-refractivity contribution in [2.45, 2.75) is 6.54 Å². The Balaban J connectivity index is 1.44. The van der Waals surface area contributed by atoms with Crippen LogP contribution in [0.4, 0.5) is 5.82 Å². The van der Waals surface area contributed by atoms with E-state index in [1.165, 1.54) is 0 Å². The molecule has 6 nitrogen and oxygen atoms in total. The van der Waals surface area contributed by atoms with E-state index in [1.807, 2.05) is 53.2 Å². The molecular weight excluding hydrogens is 328 g/mol. The van der Waals surface area contributed by atoms with Crippen molar-refractivity contribution < 1.29 is 9.47 Å². The van der Waals surface area contributed by atoms with Crippen molar-refractivity contribution in [3.05, 3.63) is 72.6 Å². The lowest BCUT2D eigenvalue weighted by atomic mass is 10.1. The van der Waals surface area contributed by atoms with Crippen molar-refractivity contribution in [3.63, 3.8) is 0 Å². The fourth-order valence-electron chi connectivity index (χ4n) is 3.09. The van der Waals surface area contributed by atoms with Crippen molar-refractivity contribution in [3.8, 4) is 22.6 Å². The molecule has 0 bridgehead atoms. The van der Waals surface area contributed by atoms with Crippen LogP contribution < -0.4 is 14.8 Å². The van der Waals surface area contributed by atoms with Gasteiger partial charge in [-0.15, -0.1) is 0 Å². The highest BCUT2D eigenvalue weighted by Crippen LogP contribution is 2.32. The molecule has 4 aromatic rings. The number of hydrogen-bond acceptors (Lipinski definition) is 5. The summed E-state index contributed by atoms with van der Waals surface area (Å²) in [6.45, 7) is 0.934. The van der Waals surface area contributed by atoms with Crippen molar-refractivity contribution in [2.24, 2.45) is 0 Å². The maximum Gasteiger partial charge on any atom is 0.231 e. The summed E-state index contributed by atoms with van der Waals surface area (Å²) in [7, 11) is 0. The minimum Gasteiger partial charge on any atom is -0.454 e. The van der Waals surface area contributed by atoms with Crippen LogP contribution in [0.3, 0.4) is 0 Å². The predicted molar refractivity (Wildman–Crippen MR) is 98.3 cm³/mol. The van der Waals surface area contributed by atoms with Crippen LogP contribution in [0.25, 0.3) is 16.8 Å². The van der Waals surface area contributed by atoms with Gasteiger partial charge in [-0.05, 0) is 29.3 Å². The zero-order valence-electron chi connectivity index (χ0n) is 13.9. The van der Waals surface area contributed by atoms with Crippen LogP contribution in [-0.4, -0.2) is 21.4 Å². The molecule has 1 aliphatic rings. The van der Waals surface area contributed by atoms with Gasteiger partial charge in [-0.25, -0.2) is 4.98 Å². The van der Waals surface area contributed by atoms with E-state index in [1.54, 1.807) is 6.20 Å². The van der Waals surface area contributed by atoms with Gasteiger partial charge in [-0.3, -0.25) is 0 Å². The molecule has 0 atom stereocenters. The second kappa shape index (κ2) is 6.07.